The molecule has 2 fully saturated rings. The molecule has 2 aromatic carbocycles. The summed E-state index contributed by atoms with van der Waals surface area (Å²) in [4.78, 5) is 31.4. The molecule has 53 heavy (non-hydrogen) atoms. The van der Waals surface area contributed by atoms with Gasteiger partial charge in [0, 0.05) is 11.1 Å². The maximum atomic E-state index is 12.5. The predicted octanol–water partition coefficient (Wildman–Crippen LogP) is 3.76. The highest BCUT2D eigenvalue weighted by Gasteiger charge is 2.45. The molecule has 17 nitrogen and oxygen atoms in total. The number of carboxylic acids is 1. The Labute approximate surface area is 308 Å². The quantitative estimate of drug-likeness (QED) is 0.130. The summed E-state index contributed by atoms with van der Waals surface area (Å²) in [7, 11) is -3.88. The first kappa shape index (κ1) is 40.7. The molecule has 4 aromatic rings. The van der Waals surface area contributed by atoms with E-state index in [0.717, 1.165) is 42.6 Å². The Bertz CT molecular complexity index is 2120. The van der Waals surface area contributed by atoms with Crippen LogP contribution in [-0.2, 0) is 29.3 Å². The molecule has 6 rings (SSSR count). The first-order valence-corrected chi connectivity index (χ1v) is 20.0. The van der Waals surface area contributed by atoms with Crippen molar-refractivity contribution in [1.82, 2.24) is 30.4 Å². The van der Waals surface area contributed by atoms with Gasteiger partial charge in [0.05, 0.1) is 25.7 Å². The molecule has 0 atom stereocenters. The number of carboxylic acid groups (broad SMARTS) is 1. The number of sulfone groups is 2. The van der Waals surface area contributed by atoms with Crippen LogP contribution in [0.2, 0.25) is 0 Å². The highest BCUT2D eigenvalue weighted by Crippen LogP contribution is 2.35. The largest absolute Gasteiger partial charge is 0.497 e. The first-order chi connectivity index (χ1) is 24.8. The first-order valence-electron chi connectivity index (χ1n) is 16.7. The van der Waals surface area contributed by atoms with Crippen molar-refractivity contribution in [3.8, 4) is 34.3 Å². The SMILES string of the molecule is CC(C)(C(=O)O)S(=O)(=O)CC1CC1.COc1cccc(-c2nc(N)n[nH]2)c1.COc1cccc(-c2nc(NC(=O)C(C)(C)S(=O)(=O)CC3CC3)n[nH]2)c1. The molecule has 0 radical (unpaired) electrons. The molecular weight excluding hydrogens is 729 g/mol. The van der Waals surface area contributed by atoms with Gasteiger partial charge >= 0.3 is 5.97 Å². The van der Waals surface area contributed by atoms with Crippen molar-refractivity contribution in [1.29, 1.82) is 0 Å². The molecule has 2 saturated carbocycles. The number of rotatable bonds is 13. The van der Waals surface area contributed by atoms with Gasteiger partial charge in [0.2, 0.25) is 17.8 Å². The Morgan fingerprint density at radius 2 is 1.25 bits per heavy atom. The average molecular weight is 775 g/mol. The zero-order valence-corrected chi connectivity index (χ0v) is 32.0. The fraction of sp³-hybridized carbons (Fsp3) is 0.471. The number of H-pyrrole nitrogens is 2. The van der Waals surface area contributed by atoms with E-state index in [0.29, 0.717) is 17.4 Å². The van der Waals surface area contributed by atoms with Gasteiger partial charge in [0.1, 0.15) is 16.2 Å². The Hall–Kier alpha value is -5.04. The molecule has 0 unspecified atom stereocenters. The minimum Gasteiger partial charge on any atom is -0.497 e. The van der Waals surface area contributed by atoms with Gasteiger partial charge in [-0.25, -0.2) is 16.8 Å². The van der Waals surface area contributed by atoms with Crippen LogP contribution in [0.4, 0.5) is 11.9 Å². The van der Waals surface area contributed by atoms with Crippen molar-refractivity contribution in [2.75, 3.05) is 36.8 Å². The van der Waals surface area contributed by atoms with Crippen LogP contribution in [-0.4, -0.2) is 99.4 Å². The minimum absolute atomic E-state index is 0.0201. The Morgan fingerprint density at radius 3 is 1.66 bits per heavy atom. The summed E-state index contributed by atoms with van der Waals surface area (Å²) in [6.07, 6.45) is 3.63. The topological polar surface area (TPSA) is 262 Å². The molecular formula is C34H46N8O9S2. The molecule has 19 heteroatoms. The smallest absolute Gasteiger partial charge is 0.324 e. The van der Waals surface area contributed by atoms with Crippen LogP contribution in [0.25, 0.3) is 22.8 Å². The molecule has 1 amide bonds. The van der Waals surface area contributed by atoms with E-state index in [-0.39, 0.29) is 35.2 Å². The molecule has 0 aliphatic heterocycles. The van der Waals surface area contributed by atoms with Crippen LogP contribution in [0.15, 0.2) is 48.5 Å². The lowest BCUT2D eigenvalue weighted by atomic mass is 10.2. The third kappa shape index (κ3) is 10.5. The average Bonchev–Trinajstić information content (AvgIpc) is 4.02. The van der Waals surface area contributed by atoms with E-state index in [1.165, 1.54) is 27.7 Å². The second-order valence-corrected chi connectivity index (χ2v) is 18.9. The van der Waals surface area contributed by atoms with Gasteiger partial charge in [-0.3, -0.25) is 25.1 Å². The standard InChI is InChI=1S/C17H22N4O4S.C9H10N4O.C8H14O4S/c1-17(2,26(23,24)10-11-7-8-11)15(22)19-16-18-14(20-21-16)12-5-4-6-13(9-12)25-3;1-14-7-4-2-3-6(5-7)8-11-9(10)13-12-8;1-8(2,7(9)10)13(11,12)5-6-3-4-6/h4-6,9,11H,7-8,10H2,1-3H3,(H2,18,19,20,21,22);2-5H,1H3,(H3,10,11,12,13);6H,3-5H2,1-2H3,(H,9,10). The summed E-state index contributed by atoms with van der Waals surface area (Å²) in [5, 5.41) is 24.4. The summed E-state index contributed by atoms with van der Waals surface area (Å²) >= 11 is 0. The van der Waals surface area contributed by atoms with E-state index in [1.54, 1.807) is 26.4 Å². The number of aliphatic carboxylic acids is 1. The highest BCUT2D eigenvalue weighted by atomic mass is 32.2. The molecule has 0 saturated heterocycles. The highest BCUT2D eigenvalue weighted by molar-refractivity contribution is 7.93. The summed E-state index contributed by atoms with van der Waals surface area (Å²) in [5.41, 5.74) is 7.03. The zero-order chi connectivity index (χ0) is 39.2. The van der Waals surface area contributed by atoms with Crippen molar-refractivity contribution < 1.29 is 41.0 Å². The zero-order valence-electron chi connectivity index (χ0n) is 30.4. The maximum Gasteiger partial charge on any atom is 0.324 e. The van der Waals surface area contributed by atoms with E-state index in [2.05, 4.69) is 35.7 Å². The number of hydrogen-bond donors (Lipinski definition) is 5. The monoisotopic (exact) mass is 774 g/mol. The van der Waals surface area contributed by atoms with E-state index in [9.17, 15) is 26.4 Å². The normalized spacial score (nSPS) is 14.5. The second-order valence-electron chi connectivity index (χ2n) is 13.7. The third-order valence-electron chi connectivity index (χ3n) is 8.82. The van der Waals surface area contributed by atoms with Crippen LogP contribution < -0.4 is 20.5 Å². The number of aromatic amines is 2. The fourth-order valence-electron chi connectivity index (χ4n) is 4.52. The summed E-state index contributed by atoms with van der Waals surface area (Å²) in [6.45, 7) is 5.31. The number of nitrogens with zero attached hydrogens (tertiary/aromatic N) is 4. The number of anilines is 2. The number of carbonyl (C=O) groups is 2. The number of hydrogen-bond acceptors (Lipinski definition) is 13. The molecule has 2 heterocycles. The second kappa shape index (κ2) is 16.3. The third-order valence-corrected chi connectivity index (χ3v) is 14.1. The molecule has 2 aliphatic rings. The number of benzene rings is 2. The number of nitrogen functional groups attached to an aromatic ring is 1. The molecule has 2 aromatic heterocycles. The van der Waals surface area contributed by atoms with Gasteiger partial charge in [-0.1, -0.05) is 24.3 Å². The lowest BCUT2D eigenvalue weighted by Crippen LogP contribution is -2.46. The number of nitrogens with two attached hydrogens (primary N) is 1. The fourth-order valence-corrected chi connectivity index (χ4v) is 7.86. The van der Waals surface area contributed by atoms with E-state index < -0.39 is 41.0 Å². The van der Waals surface area contributed by atoms with Crippen LogP contribution in [0.5, 0.6) is 11.5 Å². The molecule has 0 spiro atoms. The van der Waals surface area contributed by atoms with E-state index in [4.69, 9.17) is 20.3 Å². The van der Waals surface area contributed by atoms with E-state index >= 15 is 0 Å². The van der Waals surface area contributed by atoms with Gasteiger partial charge in [-0.05, 0) is 89.5 Å². The summed E-state index contributed by atoms with van der Waals surface area (Å²) in [5.74, 6) is 1.31. The van der Waals surface area contributed by atoms with Crippen LogP contribution in [0.3, 0.4) is 0 Å². The van der Waals surface area contributed by atoms with Crippen molar-refractivity contribution in [3.05, 3.63) is 48.5 Å². The Balaban J connectivity index is 0.000000196. The number of amides is 1. The van der Waals surface area contributed by atoms with Crippen molar-refractivity contribution in [2.45, 2.75) is 62.9 Å². The van der Waals surface area contributed by atoms with Crippen LogP contribution in [0, 0.1) is 11.8 Å². The van der Waals surface area contributed by atoms with Gasteiger partial charge in [-0.2, -0.15) is 9.97 Å². The lowest BCUT2D eigenvalue weighted by molar-refractivity contribution is -0.139. The Morgan fingerprint density at radius 1 is 0.792 bits per heavy atom. The number of aromatic nitrogens is 6. The Kier molecular flexibility index (Phi) is 12.5. The predicted molar refractivity (Wildman–Crippen MR) is 199 cm³/mol. The lowest BCUT2D eigenvalue weighted by Gasteiger charge is -2.22. The summed E-state index contributed by atoms with van der Waals surface area (Å²) < 4.78 is 55.2. The molecule has 2 aliphatic carbocycles. The van der Waals surface area contributed by atoms with Gasteiger partial charge in [0.25, 0.3) is 0 Å². The molecule has 6 N–H and O–H groups in total. The van der Waals surface area contributed by atoms with Gasteiger partial charge in [-0.15, -0.1) is 10.2 Å². The van der Waals surface area contributed by atoms with Crippen LogP contribution in [0.1, 0.15) is 53.4 Å². The number of methoxy groups -OCH3 is 2. The number of ether oxygens (including phenoxy) is 2. The molecule has 0 bridgehead atoms. The molecule has 288 valence electrons. The van der Waals surface area contributed by atoms with Gasteiger partial charge < -0.3 is 20.3 Å². The van der Waals surface area contributed by atoms with Crippen molar-refractivity contribution in [2.24, 2.45) is 11.8 Å². The number of nitrogens with one attached hydrogen (secondary N) is 3. The van der Waals surface area contributed by atoms with Crippen molar-refractivity contribution >= 4 is 43.4 Å². The van der Waals surface area contributed by atoms with Crippen LogP contribution >= 0.6 is 0 Å². The minimum atomic E-state index is -3.56. The van der Waals surface area contributed by atoms with E-state index in [1.807, 2.05) is 36.4 Å². The number of carbonyl (C=O) groups excluding carboxylic acids is 1. The van der Waals surface area contributed by atoms with Crippen molar-refractivity contribution in [3.63, 3.8) is 0 Å². The van der Waals surface area contributed by atoms with Gasteiger partial charge in [0.15, 0.2) is 36.1 Å². The maximum absolute atomic E-state index is 12.5. The summed E-state index contributed by atoms with van der Waals surface area (Å²) in [6, 6.07) is 14.7.